The van der Waals surface area contributed by atoms with Crippen LogP contribution in [0.5, 0.6) is 0 Å². The van der Waals surface area contributed by atoms with Crippen LogP contribution in [-0.2, 0) is 28.6 Å². The first kappa shape index (κ1) is 91.2. The summed E-state index contributed by atoms with van der Waals surface area (Å²) in [6.07, 6.45) is 73.3. The van der Waals surface area contributed by atoms with E-state index in [0.717, 1.165) is 103 Å². The van der Waals surface area contributed by atoms with Gasteiger partial charge in [-0.25, -0.2) is 0 Å². The van der Waals surface area contributed by atoms with Crippen LogP contribution < -0.4 is 5.32 Å². The zero-order chi connectivity index (χ0) is 67.7. The lowest BCUT2D eigenvalue weighted by Crippen LogP contribution is -2.41. The predicted molar refractivity (Wildman–Crippen MR) is 400 cm³/mol. The van der Waals surface area contributed by atoms with Gasteiger partial charge in [0.25, 0.3) is 0 Å². The van der Waals surface area contributed by atoms with Crippen molar-refractivity contribution in [1.29, 1.82) is 0 Å². The van der Waals surface area contributed by atoms with E-state index < -0.39 is 12.2 Å². The number of carbonyl (C=O) groups is 3. The first-order valence-electron chi connectivity index (χ1n) is 41.7. The standard InChI is InChI=1S/C82H163N3O8/c1-6-11-16-21-26-31-36-38-40-45-50-55-62-77(64-65-78(86)73-85(75-81(89)92-69-60-53-48-43-34-29-24-19-14-9-4)76-82(90)93-70-61-54-49-44-35-30-25-20-15-10-5)63-56-58-67-84(66-57-51-46-41-39-37-32-27-22-17-12-7-2)74-79(87)71-83-72-80(88)91-68-59-52-47-42-33-28-23-18-13-8-3/h77-79,83,86-87H,6-76H2,1-5H3. The fourth-order valence-corrected chi connectivity index (χ4v) is 13.5. The van der Waals surface area contributed by atoms with Crippen LogP contribution >= 0.6 is 0 Å². The Morgan fingerprint density at radius 3 is 0.882 bits per heavy atom. The lowest BCUT2D eigenvalue weighted by molar-refractivity contribution is -0.149. The van der Waals surface area contributed by atoms with Crippen molar-refractivity contribution in [3.63, 3.8) is 0 Å². The molecule has 0 aromatic heterocycles. The van der Waals surface area contributed by atoms with Gasteiger partial charge in [-0.2, -0.15) is 0 Å². The number of rotatable bonds is 79. The van der Waals surface area contributed by atoms with Gasteiger partial charge in [0, 0.05) is 19.6 Å². The first-order valence-corrected chi connectivity index (χ1v) is 41.7. The van der Waals surface area contributed by atoms with Crippen molar-refractivity contribution >= 4 is 17.9 Å². The fourth-order valence-electron chi connectivity index (χ4n) is 13.5. The van der Waals surface area contributed by atoms with Gasteiger partial charge < -0.3 is 34.6 Å². The molecule has 0 saturated carbocycles. The third-order valence-corrected chi connectivity index (χ3v) is 19.6. The highest BCUT2D eigenvalue weighted by Crippen LogP contribution is 2.25. The van der Waals surface area contributed by atoms with Crippen LogP contribution in [-0.4, -0.2) is 122 Å². The Kier molecular flexibility index (Phi) is 74.5. The Bertz CT molecular complexity index is 1470. The monoisotopic (exact) mass is 1320 g/mol. The molecule has 0 bridgehead atoms. The topological polar surface area (TPSA) is 138 Å². The molecule has 0 aliphatic rings. The predicted octanol–water partition coefficient (Wildman–Crippen LogP) is 22.7. The van der Waals surface area contributed by atoms with E-state index in [1.165, 1.54) is 289 Å². The van der Waals surface area contributed by atoms with Gasteiger partial charge in [0.05, 0.1) is 51.7 Å². The van der Waals surface area contributed by atoms with Gasteiger partial charge in [-0.15, -0.1) is 0 Å². The van der Waals surface area contributed by atoms with Gasteiger partial charge in [0.1, 0.15) is 0 Å². The number of nitrogens with one attached hydrogen (secondary N) is 1. The molecule has 0 heterocycles. The number of aliphatic hydroxyl groups excluding tert-OH is 2. The lowest BCUT2D eigenvalue weighted by Gasteiger charge is -2.26. The van der Waals surface area contributed by atoms with Crippen molar-refractivity contribution in [2.75, 3.05) is 72.2 Å². The summed E-state index contributed by atoms with van der Waals surface area (Å²) in [6.45, 7) is 15.8. The lowest BCUT2D eigenvalue weighted by atomic mass is 9.89. The van der Waals surface area contributed by atoms with Crippen molar-refractivity contribution in [3.8, 4) is 0 Å². The second kappa shape index (κ2) is 76.0. The highest BCUT2D eigenvalue weighted by atomic mass is 16.5. The molecule has 3 N–H and O–H groups in total. The first-order chi connectivity index (χ1) is 45.7. The minimum absolute atomic E-state index is 0.0308. The van der Waals surface area contributed by atoms with Crippen molar-refractivity contribution < 1.29 is 38.8 Å². The van der Waals surface area contributed by atoms with E-state index in [9.17, 15) is 24.6 Å². The minimum Gasteiger partial charge on any atom is -0.465 e. The Morgan fingerprint density at radius 1 is 0.290 bits per heavy atom. The molecule has 0 aromatic carbocycles. The summed E-state index contributed by atoms with van der Waals surface area (Å²) in [5.74, 6) is -0.426. The molecule has 3 atom stereocenters. The largest absolute Gasteiger partial charge is 0.465 e. The second-order valence-corrected chi connectivity index (χ2v) is 29.1. The maximum atomic E-state index is 13.3. The van der Waals surface area contributed by atoms with Crippen molar-refractivity contribution in [3.05, 3.63) is 0 Å². The molecule has 0 saturated heterocycles. The van der Waals surface area contributed by atoms with E-state index in [-0.39, 0.29) is 44.1 Å². The van der Waals surface area contributed by atoms with Crippen LogP contribution in [0.2, 0.25) is 0 Å². The summed E-state index contributed by atoms with van der Waals surface area (Å²) in [7, 11) is 0. The Hall–Kier alpha value is -1.79. The quantitative estimate of drug-likeness (QED) is 0.0305. The molecule has 0 spiro atoms. The fraction of sp³-hybridized carbons (Fsp3) is 0.963. The minimum atomic E-state index is -0.674. The summed E-state index contributed by atoms with van der Waals surface area (Å²) < 4.78 is 17.1. The SMILES string of the molecule is CCCCCCCCCCCCCCC(CCCCN(CCCCCCCCCCCCCC)CC(O)CNCC(=O)OCCCCCCCCCCCC)CCC(O)CN(CC(=O)OCCCCCCCCCCCC)CC(=O)OCCCCCCCCCCCC. The Balaban J connectivity index is 5.72. The van der Waals surface area contributed by atoms with E-state index in [1.54, 1.807) is 4.90 Å². The van der Waals surface area contributed by atoms with Gasteiger partial charge in [-0.3, -0.25) is 19.3 Å². The van der Waals surface area contributed by atoms with Crippen molar-refractivity contribution in [2.45, 2.75) is 432 Å². The zero-order valence-electron chi connectivity index (χ0n) is 63.2. The van der Waals surface area contributed by atoms with E-state index in [0.29, 0.717) is 45.2 Å². The number of nitrogens with zero attached hydrogens (tertiary/aromatic N) is 2. The molecule has 0 amide bonds. The van der Waals surface area contributed by atoms with Gasteiger partial charge in [0.15, 0.2) is 0 Å². The third kappa shape index (κ3) is 71.3. The number of esters is 3. The molecule has 3 unspecified atom stereocenters. The summed E-state index contributed by atoms with van der Waals surface area (Å²) in [6, 6.07) is 0. The van der Waals surface area contributed by atoms with Gasteiger partial charge >= 0.3 is 17.9 Å². The summed E-state index contributed by atoms with van der Waals surface area (Å²) >= 11 is 0. The average Bonchev–Trinajstić information content (AvgIpc) is 3.35. The molecule has 0 fully saturated rings. The molecule has 0 aromatic rings. The molecule has 0 aliphatic heterocycles. The van der Waals surface area contributed by atoms with Crippen molar-refractivity contribution in [1.82, 2.24) is 15.1 Å². The van der Waals surface area contributed by atoms with Crippen LogP contribution in [0.4, 0.5) is 0 Å². The molecule has 93 heavy (non-hydrogen) atoms. The number of carbonyl (C=O) groups excluding carboxylic acids is 3. The molecule has 0 aliphatic carbocycles. The smallest absolute Gasteiger partial charge is 0.320 e. The molecule has 11 nitrogen and oxygen atoms in total. The van der Waals surface area contributed by atoms with Crippen molar-refractivity contribution in [2.24, 2.45) is 5.92 Å². The summed E-state index contributed by atoms with van der Waals surface area (Å²) in [4.78, 5) is 43.5. The number of hydrogen-bond acceptors (Lipinski definition) is 11. The highest BCUT2D eigenvalue weighted by molar-refractivity contribution is 5.75. The zero-order valence-corrected chi connectivity index (χ0v) is 63.2. The van der Waals surface area contributed by atoms with Crippen LogP contribution in [0.3, 0.4) is 0 Å². The second-order valence-electron chi connectivity index (χ2n) is 29.1. The average molecular weight is 1320 g/mol. The molecule has 554 valence electrons. The molecule has 0 rings (SSSR count). The number of hydrogen-bond donors (Lipinski definition) is 3. The van der Waals surface area contributed by atoms with E-state index >= 15 is 0 Å². The van der Waals surface area contributed by atoms with Gasteiger partial charge in [-0.05, 0) is 64.0 Å². The van der Waals surface area contributed by atoms with Crippen LogP contribution in [0.25, 0.3) is 0 Å². The molecule has 11 heteroatoms. The Labute approximate surface area is 579 Å². The summed E-state index contributed by atoms with van der Waals surface area (Å²) in [5, 5.41) is 26.3. The van der Waals surface area contributed by atoms with Crippen LogP contribution in [0.1, 0.15) is 420 Å². The van der Waals surface area contributed by atoms with Gasteiger partial charge in [0.2, 0.25) is 0 Å². The normalized spacial score (nSPS) is 12.7. The maximum absolute atomic E-state index is 13.3. The third-order valence-electron chi connectivity index (χ3n) is 19.6. The van der Waals surface area contributed by atoms with E-state index in [2.05, 4.69) is 44.8 Å². The number of aliphatic hydroxyl groups is 2. The summed E-state index contributed by atoms with van der Waals surface area (Å²) in [5.41, 5.74) is 0. The van der Waals surface area contributed by atoms with E-state index in [4.69, 9.17) is 14.2 Å². The van der Waals surface area contributed by atoms with E-state index in [1.807, 2.05) is 0 Å². The molecular formula is C82H163N3O8. The van der Waals surface area contributed by atoms with Gasteiger partial charge in [-0.1, -0.05) is 375 Å². The Morgan fingerprint density at radius 2 is 0.548 bits per heavy atom. The van der Waals surface area contributed by atoms with Crippen LogP contribution in [0, 0.1) is 5.92 Å². The number of ether oxygens (including phenoxy) is 3. The molecular weight excluding hydrogens is 1150 g/mol. The highest BCUT2D eigenvalue weighted by Gasteiger charge is 2.22. The number of unbranched alkanes of at least 4 members (excludes halogenated alkanes) is 50. The maximum Gasteiger partial charge on any atom is 0.320 e. The van der Waals surface area contributed by atoms with Crippen LogP contribution in [0.15, 0.2) is 0 Å². The molecule has 0 radical (unpaired) electrons.